The van der Waals surface area contributed by atoms with E-state index in [4.69, 9.17) is 16.1 Å². The Labute approximate surface area is 113 Å². The van der Waals surface area contributed by atoms with E-state index in [9.17, 15) is 4.79 Å². The normalized spacial score (nSPS) is 22.8. The third-order valence-electron chi connectivity index (χ3n) is 3.14. The van der Waals surface area contributed by atoms with Crippen LogP contribution in [0.25, 0.3) is 0 Å². The molecule has 1 saturated heterocycles. The zero-order valence-electron chi connectivity index (χ0n) is 9.56. The molecule has 1 heterocycles. The van der Waals surface area contributed by atoms with Crippen molar-refractivity contribution in [2.45, 2.75) is 12.0 Å². The molecule has 1 atom stereocenters. The van der Waals surface area contributed by atoms with Crippen LogP contribution in [0.3, 0.4) is 0 Å². The molecule has 18 heavy (non-hydrogen) atoms. The molecule has 1 aliphatic heterocycles. The van der Waals surface area contributed by atoms with E-state index in [1.54, 1.807) is 18.2 Å². The SMILES string of the molecule is N#Cc1ccc(N2CCC(N)(C(=O)O)C2)c(Br)c1. The molecule has 2 rings (SSSR count). The second-order valence-corrected chi connectivity index (χ2v) is 5.27. The first kappa shape index (κ1) is 12.9. The number of carboxylic acids is 1. The van der Waals surface area contributed by atoms with Crippen LogP contribution < -0.4 is 10.6 Å². The van der Waals surface area contributed by atoms with E-state index in [0.717, 1.165) is 10.2 Å². The summed E-state index contributed by atoms with van der Waals surface area (Å²) in [5, 5.41) is 17.9. The minimum absolute atomic E-state index is 0.271. The Kier molecular flexibility index (Phi) is 3.28. The van der Waals surface area contributed by atoms with E-state index < -0.39 is 11.5 Å². The number of nitrogens with two attached hydrogens (primary N) is 1. The van der Waals surface area contributed by atoms with Gasteiger partial charge in [-0.1, -0.05) is 0 Å². The van der Waals surface area contributed by atoms with Crippen LogP contribution in [0.2, 0.25) is 0 Å². The first-order valence-corrected chi connectivity index (χ1v) is 6.22. The average Bonchev–Trinajstić information content (AvgIpc) is 2.73. The van der Waals surface area contributed by atoms with Crippen LogP contribution >= 0.6 is 15.9 Å². The lowest BCUT2D eigenvalue weighted by Gasteiger charge is -2.22. The highest BCUT2D eigenvalue weighted by molar-refractivity contribution is 9.10. The Bertz CT molecular complexity index is 541. The number of hydrogen-bond donors (Lipinski definition) is 2. The highest BCUT2D eigenvalue weighted by Gasteiger charge is 2.41. The molecular formula is C12H12BrN3O2. The molecule has 0 amide bonds. The second kappa shape index (κ2) is 4.59. The minimum Gasteiger partial charge on any atom is -0.480 e. The highest BCUT2D eigenvalue weighted by atomic mass is 79.9. The second-order valence-electron chi connectivity index (χ2n) is 4.41. The van der Waals surface area contributed by atoms with Crippen LogP contribution in [0.1, 0.15) is 12.0 Å². The number of anilines is 1. The summed E-state index contributed by atoms with van der Waals surface area (Å²) in [5.41, 5.74) is 6.06. The molecule has 0 saturated carbocycles. The van der Waals surface area contributed by atoms with Crippen molar-refractivity contribution in [1.29, 1.82) is 5.26 Å². The van der Waals surface area contributed by atoms with Crippen LogP contribution in [0, 0.1) is 11.3 Å². The van der Waals surface area contributed by atoms with E-state index in [0.29, 0.717) is 18.5 Å². The highest BCUT2D eigenvalue weighted by Crippen LogP contribution is 2.32. The Morgan fingerprint density at radius 1 is 1.61 bits per heavy atom. The summed E-state index contributed by atoms with van der Waals surface area (Å²) in [5.74, 6) is -0.977. The molecule has 0 aliphatic carbocycles. The maximum atomic E-state index is 11.1. The van der Waals surface area contributed by atoms with Crippen molar-refractivity contribution in [1.82, 2.24) is 0 Å². The van der Waals surface area contributed by atoms with Gasteiger partial charge in [0.2, 0.25) is 0 Å². The van der Waals surface area contributed by atoms with Gasteiger partial charge < -0.3 is 15.7 Å². The number of hydrogen-bond acceptors (Lipinski definition) is 4. The van der Waals surface area contributed by atoms with Gasteiger partial charge >= 0.3 is 5.97 Å². The predicted molar refractivity (Wildman–Crippen MR) is 70.2 cm³/mol. The van der Waals surface area contributed by atoms with Crippen LogP contribution in [0.15, 0.2) is 22.7 Å². The number of aliphatic carboxylic acids is 1. The fourth-order valence-electron chi connectivity index (χ4n) is 2.05. The molecule has 5 nitrogen and oxygen atoms in total. The lowest BCUT2D eigenvalue weighted by molar-refractivity contribution is -0.142. The minimum atomic E-state index is -1.19. The molecule has 1 aliphatic rings. The van der Waals surface area contributed by atoms with Gasteiger partial charge in [0.05, 0.1) is 17.3 Å². The van der Waals surface area contributed by atoms with E-state index in [2.05, 4.69) is 22.0 Å². The van der Waals surface area contributed by atoms with Gasteiger partial charge in [-0.3, -0.25) is 4.79 Å². The van der Waals surface area contributed by atoms with E-state index in [1.807, 2.05) is 4.90 Å². The zero-order chi connectivity index (χ0) is 13.3. The molecule has 0 aromatic heterocycles. The third-order valence-corrected chi connectivity index (χ3v) is 3.78. The summed E-state index contributed by atoms with van der Waals surface area (Å²) in [6.07, 6.45) is 0.411. The Hall–Kier alpha value is -1.58. The number of benzene rings is 1. The fraction of sp³-hybridized carbons (Fsp3) is 0.333. The van der Waals surface area contributed by atoms with Gasteiger partial charge in [-0.2, -0.15) is 5.26 Å². The maximum absolute atomic E-state index is 11.1. The lowest BCUT2D eigenvalue weighted by atomic mass is 10.0. The summed E-state index contributed by atoms with van der Waals surface area (Å²) in [6.45, 7) is 0.861. The number of halogens is 1. The summed E-state index contributed by atoms with van der Waals surface area (Å²) in [6, 6.07) is 7.28. The van der Waals surface area contributed by atoms with E-state index >= 15 is 0 Å². The topological polar surface area (TPSA) is 90.4 Å². The van der Waals surface area contributed by atoms with Gasteiger partial charge in [-0.25, -0.2) is 0 Å². The molecule has 1 unspecified atom stereocenters. The number of carbonyl (C=O) groups is 1. The summed E-state index contributed by atoms with van der Waals surface area (Å²) < 4.78 is 0.774. The average molecular weight is 310 g/mol. The summed E-state index contributed by atoms with van der Waals surface area (Å²) >= 11 is 3.39. The molecule has 1 fully saturated rings. The molecule has 0 bridgehead atoms. The number of nitriles is 1. The Balaban J connectivity index is 2.25. The fourth-order valence-corrected chi connectivity index (χ4v) is 2.68. The molecule has 0 radical (unpaired) electrons. The van der Waals surface area contributed by atoms with Crippen molar-refractivity contribution in [3.05, 3.63) is 28.2 Å². The number of rotatable bonds is 2. The molecule has 1 aromatic rings. The largest absolute Gasteiger partial charge is 0.480 e. The van der Waals surface area contributed by atoms with Gasteiger partial charge in [0, 0.05) is 17.6 Å². The predicted octanol–water partition coefficient (Wildman–Crippen LogP) is 1.31. The van der Waals surface area contributed by atoms with E-state index in [-0.39, 0.29) is 6.54 Å². The first-order chi connectivity index (χ1) is 8.46. The maximum Gasteiger partial charge on any atom is 0.325 e. The standard InChI is InChI=1S/C12H12BrN3O2/c13-9-5-8(6-14)1-2-10(9)16-4-3-12(15,7-16)11(17)18/h1-2,5H,3-4,7,15H2,(H,17,18). The first-order valence-electron chi connectivity index (χ1n) is 5.43. The molecule has 0 spiro atoms. The van der Waals surface area contributed by atoms with Gasteiger partial charge in [-0.15, -0.1) is 0 Å². The number of carboxylic acid groups (broad SMARTS) is 1. The van der Waals surface area contributed by atoms with Gasteiger partial charge in [0.15, 0.2) is 0 Å². The summed E-state index contributed by atoms with van der Waals surface area (Å²) in [7, 11) is 0. The van der Waals surface area contributed by atoms with Gasteiger partial charge in [0.1, 0.15) is 5.54 Å². The molecule has 94 valence electrons. The van der Waals surface area contributed by atoms with Crippen LogP contribution in [-0.4, -0.2) is 29.7 Å². The van der Waals surface area contributed by atoms with Crippen LogP contribution in [0.5, 0.6) is 0 Å². The van der Waals surface area contributed by atoms with Crippen molar-refractivity contribution in [2.24, 2.45) is 5.73 Å². The zero-order valence-corrected chi connectivity index (χ0v) is 11.1. The van der Waals surface area contributed by atoms with Crippen molar-refractivity contribution in [3.8, 4) is 6.07 Å². The molecule has 6 heteroatoms. The van der Waals surface area contributed by atoms with Crippen molar-refractivity contribution in [3.63, 3.8) is 0 Å². The number of nitrogens with zero attached hydrogens (tertiary/aromatic N) is 2. The van der Waals surface area contributed by atoms with E-state index in [1.165, 1.54) is 0 Å². The van der Waals surface area contributed by atoms with Gasteiger partial charge in [0.25, 0.3) is 0 Å². The quantitative estimate of drug-likeness (QED) is 0.859. The van der Waals surface area contributed by atoms with Crippen molar-refractivity contribution >= 4 is 27.6 Å². The van der Waals surface area contributed by atoms with Crippen LogP contribution in [0.4, 0.5) is 5.69 Å². The van der Waals surface area contributed by atoms with Crippen molar-refractivity contribution in [2.75, 3.05) is 18.0 Å². The molecule has 1 aromatic carbocycles. The Morgan fingerprint density at radius 2 is 2.33 bits per heavy atom. The van der Waals surface area contributed by atoms with Gasteiger partial charge in [-0.05, 0) is 40.5 Å². The lowest BCUT2D eigenvalue weighted by Crippen LogP contribution is -2.50. The molecule has 3 N–H and O–H groups in total. The Morgan fingerprint density at radius 3 is 2.83 bits per heavy atom. The van der Waals surface area contributed by atoms with Crippen molar-refractivity contribution < 1.29 is 9.90 Å². The molecular weight excluding hydrogens is 298 g/mol. The smallest absolute Gasteiger partial charge is 0.325 e. The summed E-state index contributed by atoms with van der Waals surface area (Å²) in [4.78, 5) is 13.0. The van der Waals surface area contributed by atoms with Crippen LogP contribution in [-0.2, 0) is 4.79 Å². The third kappa shape index (κ3) is 2.19. The monoisotopic (exact) mass is 309 g/mol.